The Morgan fingerprint density at radius 3 is 2.48 bits per heavy atom. The van der Waals surface area contributed by atoms with Gasteiger partial charge in [0.15, 0.2) is 0 Å². The van der Waals surface area contributed by atoms with Crippen LogP contribution < -0.4 is 5.32 Å². The van der Waals surface area contributed by atoms with Gasteiger partial charge in [0.05, 0.1) is 15.8 Å². The van der Waals surface area contributed by atoms with Crippen LogP contribution in [0.5, 0.6) is 0 Å². The fourth-order valence-corrected chi connectivity index (χ4v) is 4.27. The Labute approximate surface area is 203 Å². The Hall–Kier alpha value is -1.40. The fourth-order valence-electron chi connectivity index (χ4n) is 2.90. The van der Waals surface area contributed by atoms with Gasteiger partial charge < -0.3 is 10.2 Å². The van der Waals surface area contributed by atoms with Gasteiger partial charge in [-0.15, -0.1) is 11.8 Å². The summed E-state index contributed by atoms with van der Waals surface area (Å²) in [6.07, 6.45) is 1.89. The summed E-state index contributed by atoms with van der Waals surface area (Å²) in [5.74, 6) is 0.558. The lowest BCUT2D eigenvalue weighted by Crippen LogP contribution is -2.48. The second-order valence-corrected chi connectivity index (χ2v) is 9.38. The summed E-state index contributed by atoms with van der Waals surface area (Å²) in [4.78, 5) is 27.3. The lowest BCUT2D eigenvalue weighted by atomic mass is 10.1. The van der Waals surface area contributed by atoms with Crippen LogP contribution in [0.4, 0.5) is 0 Å². The van der Waals surface area contributed by atoms with E-state index in [2.05, 4.69) is 12.2 Å². The number of nitrogens with one attached hydrogen (secondary N) is 1. The van der Waals surface area contributed by atoms with Gasteiger partial charge in [0.25, 0.3) is 0 Å². The van der Waals surface area contributed by atoms with Gasteiger partial charge in [0, 0.05) is 23.9 Å². The van der Waals surface area contributed by atoms with E-state index in [1.54, 1.807) is 30.0 Å². The molecule has 0 aliphatic carbocycles. The van der Waals surface area contributed by atoms with Crippen molar-refractivity contribution in [1.29, 1.82) is 0 Å². The highest BCUT2D eigenvalue weighted by atomic mass is 35.5. The molecule has 0 aromatic heterocycles. The van der Waals surface area contributed by atoms with Gasteiger partial charge in [-0.05, 0) is 42.7 Å². The molecular formula is C23H27Cl3N2O2S. The van der Waals surface area contributed by atoms with Crippen LogP contribution in [0.25, 0.3) is 0 Å². The zero-order valence-electron chi connectivity index (χ0n) is 17.7. The minimum absolute atomic E-state index is 0.122. The van der Waals surface area contributed by atoms with Crippen molar-refractivity contribution in [3.8, 4) is 0 Å². The summed E-state index contributed by atoms with van der Waals surface area (Å²) in [5.41, 5.74) is 1.79. The van der Waals surface area contributed by atoms with Crippen molar-refractivity contribution in [1.82, 2.24) is 10.2 Å². The highest BCUT2D eigenvalue weighted by Gasteiger charge is 2.26. The lowest BCUT2D eigenvalue weighted by molar-refractivity contribution is -0.138. The molecule has 0 aliphatic rings. The lowest BCUT2D eigenvalue weighted by Gasteiger charge is -2.29. The van der Waals surface area contributed by atoms with Crippen LogP contribution in [-0.2, 0) is 21.9 Å². The van der Waals surface area contributed by atoms with Gasteiger partial charge in [0.2, 0.25) is 11.8 Å². The normalized spacial score (nSPS) is 11.8. The van der Waals surface area contributed by atoms with Crippen molar-refractivity contribution in [3.05, 3.63) is 68.7 Å². The number of halogens is 3. The topological polar surface area (TPSA) is 49.4 Å². The summed E-state index contributed by atoms with van der Waals surface area (Å²) >= 11 is 19.8. The number of amides is 2. The Bertz CT molecular complexity index is 895. The van der Waals surface area contributed by atoms with Crippen LogP contribution in [-0.4, -0.2) is 35.1 Å². The first-order chi connectivity index (χ1) is 14.8. The van der Waals surface area contributed by atoms with E-state index in [0.29, 0.717) is 27.4 Å². The molecule has 0 saturated carbocycles. The van der Waals surface area contributed by atoms with E-state index in [1.807, 2.05) is 24.3 Å². The van der Waals surface area contributed by atoms with Crippen molar-refractivity contribution < 1.29 is 9.59 Å². The minimum atomic E-state index is -0.605. The third kappa shape index (κ3) is 8.23. The summed E-state index contributed by atoms with van der Waals surface area (Å²) < 4.78 is 0. The molecule has 0 aliphatic heterocycles. The highest BCUT2D eigenvalue weighted by Crippen LogP contribution is 2.25. The molecule has 2 aromatic rings. The number of hydrogen-bond acceptors (Lipinski definition) is 3. The van der Waals surface area contributed by atoms with Crippen LogP contribution in [0.2, 0.25) is 15.1 Å². The molecule has 0 heterocycles. The van der Waals surface area contributed by atoms with Crippen LogP contribution in [0, 0.1) is 0 Å². The fraction of sp³-hybridized carbons (Fsp3) is 0.391. The summed E-state index contributed by atoms with van der Waals surface area (Å²) in [6.45, 7) is 4.68. The average molecular weight is 502 g/mol. The van der Waals surface area contributed by atoms with Crippen molar-refractivity contribution >= 4 is 58.4 Å². The Morgan fingerprint density at radius 2 is 1.81 bits per heavy atom. The Kier molecular flexibility index (Phi) is 11.0. The third-order valence-corrected chi connectivity index (χ3v) is 6.87. The molecule has 2 amide bonds. The molecule has 1 N–H and O–H groups in total. The number of nitrogens with zero attached hydrogens (tertiary/aromatic N) is 1. The maximum atomic E-state index is 13.1. The molecule has 0 saturated heterocycles. The number of benzene rings is 2. The minimum Gasteiger partial charge on any atom is -0.354 e. The van der Waals surface area contributed by atoms with Crippen LogP contribution >= 0.6 is 46.6 Å². The van der Waals surface area contributed by atoms with E-state index >= 15 is 0 Å². The predicted octanol–water partition coefficient (Wildman–Crippen LogP) is 6.21. The molecule has 1 atom stereocenters. The first-order valence-electron chi connectivity index (χ1n) is 10.2. The van der Waals surface area contributed by atoms with E-state index < -0.39 is 6.04 Å². The van der Waals surface area contributed by atoms with Crippen molar-refractivity contribution in [2.75, 3.05) is 12.3 Å². The largest absolute Gasteiger partial charge is 0.354 e. The Balaban J connectivity index is 2.06. The number of carbonyl (C=O) groups excluding carboxylic acids is 2. The summed E-state index contributed by atoms with van der Waals surface area (Å²) in [5, 5.41) is 4.47. The molecule has 2 aromatic carbocycles. The number of carbonyl (C=O) groups is 2. The predicted molar refractivity (Wildman–Crippen MR) is 132 cm³/mol. The van der Waals surface area contributed by atoms with E-state index in [-0.39, 0.29) is 24.1 Å². The van der Waals surface area contributed by atoms with Gasteiger partial charge in [-0.25, -0.2) is 0 Å². The molecular weight excluding hydrogens is 475 g/mol. The maximum Gasteiger partial charge on any atom is 0.242 e. The SMILES string of the molecule is CCCCNC(=O)[C@@H](C)N(Cc1ccccc1Cl)C(=O)CSCc1ccc(Cl)c(Cl)c1. The van der Waals surface area contributed by atoms with Crippen molar-refractivity contribution in [2.24, 2.45) is 0 Å². The first kappa shape index (κ1) is 25.9. The smallest absolute Gasteiger partial charge is 0.242 e. The molecule has 4 nitrogen and oxygen atoms in total. The Morgan fingerprint density at radius 1 is 1.06 bits per heavy atom. The molecule has 0 radical (unpaired) electrons. The van der Waals surface area contributed by atoms with Crippen molar-refractivity contribution in [2.45, 2.75) is 45.0 Å². The van der Waals surface area contributed by atoms with Gasteiger partial charge in [0.1, 0.15) is 6.04 Å². The quantitative estimate of drug-likeness (QED) is 0.372. The second-order valence-electron chi connectivity index (χ2n) is 7.17. The molecule has 8 heteroatoms. The summed E-state index contributed by atoms with van der Waals surface area (Å²) in [6, 6.07) is 12.2. The highest BCUT2D eigenvalue weighted by molar-refractivity contribution is 7.99. The van der Waals surface area contributed by atoms with E-state index in [1.165, 1.54) is 11.8 Å². The van der Waals surface area contributed by atoms with E-state index in [0.717, 1.165) is 24.0 Å². The maximum absolute atomic E-state index is 13.1. The average Bonchev–Trinajstić information content (AvgIpc) is 2.75. The van der Waals surface area contributed by atoms with Gasteiger partial charge in [-0.1, -0.05) is 72.4 Å². The first-order valence-corrected chi connectivity index (χ1v) is 12.4. The van der Waals surface area contributed by atoms with Gasteiger partial charge in [-0.2, -0.15) is 0 Å². The monoisotopic (exact) mass is 500 g/mol. The molecule has 168 valence electrons. The van der Waals surface area contributed by atoms with Gasteiger partial charge >= 0.3 is 0 Å². The molecule has 2 rings (SSSR count). The number of unbranched alkanes of at least 4 members (excludes halogenated alkanes) is 1. The summed E-state index contributed by atoms with van der Waals surface area (Å²) in [7, 11) is 0. The van der Waals surface area contributed by atoms with E-state index in [9.17, 15) is 9.59 Å². The van der Waals surface area contributed by atoms with Crippen molar-refractivity contribution in [3.63, 3.8) is 0 Å². The number of thioether (sulfide) groups is 1. The van der Waals surface area contributed by atoms with Crippen LogP contribution in [0.3, 0.4) is 0 Å². The number of rotatable bonds is 11. The second kappa shape index (κ2) is 13.2. The molecule has 0 spiro atoms. The standard InChI is InChI=1S/C23H27Cl3N2O2S/c1-3-4-11-27-23(30)16(2)28(13-18-7-5-6-8-19(18)24)22(29)15-31-14-17-9-10-20(25)21(26)12-17/h5-10,12,16H,3-4,11,13-15H2,1-2H3,(H,27,30)/t16-/m1/s1. The van der Waals surface area contributed by atoms with Crippen LogP contribution in [0.15, 0.2) is 42.5 Å². The zero-order chi connectivity index (χ0) is 22.8. The molecule has 31 heavy (non-hydrogen) atoms. The van der Waals surface area contributed by atoms with Gasteiger partial charge in [-0.3, -0.25) is 9.59 Å². The molecule has 0 unspecified atom stereocenters. The third-order valence-electron chi connectivity index (χ3n) is 4.77. The molecule has 0 fully saturated rings. The van der Waals surface area contributed by atoms with E-state index in [4.69, 9.17) is 34.8 Å². The number of hydrogen-bond donors (Lipinski definition) is 1. The molecule has 0 bridgehead atoms. The van der Waals surface area contributed by atoms with Crippen LogP contribution in [0.1, 0.15) is 37.8 Å². The zero-order valence-corrected chi connectivity index (χ0v) is 20.8.